The highest BCUT2D eigenvalue weighted by molar-refractivity contribution is 5.94. The average Bonchev–Trinajstić information content (AvgIpc) is 3.25. The van der Waals surface area contributed by atoms with Gasteiger partial charge >= 0.3 is 0 Å². The van der Waals surface area contributed by atoms with Crippen LogP contribution in [0.1, 0.15) is 46.1 Å². The summed E-state index contributed by atoms with van der Waals surface area (Å²) in [7, 11) is 0. The number of pyridine rings is 1. The van der Waals surface area contributed by atoms with Crippen LogP contribution in [0.15, 0.2) is 76.1 Å². The van der Waals surface area contributed by atoms with Gasteiger partial charge in [0.15, 0.2) is 11.5 Å². The van der Waals surface area contributed by atoms with Gasteiger partial charge in [-0.3, -0.25) is 9.59 Å². The number of hydrogen-bond acceptors (Lipinski definition) is 4. The fourth-order valence-electron chi connectivity index (χ4n) is 4.43. The van der Waals surface area contributed by atoms with Crippen LogP contribution in [-0.2, 0) is 6.54 Å². The lowest BCUT2D eigenvalue weighted by atomic mass is 9.97. The molecule has 1 atom stereocenters. The van der Waals surface area contributed by atoms with Crippen LogP contribution in [0.25, 0.3) is 11.1 Å². The third-order valence-corrected chi connectivity index (χ3v) is 6.05. The Morgan fingerprint density at radius 2 is 2.00 bits per heavy atom. The van der Waals surface area contributed by atoms with Crippen molar-refractivity contribution in [2.45, 2.75) is 32.2 Å². The van der Waals surface area contributed by atoms with Gasteiger partial charge in [-0.25, -0.2) is 4.98 Å². The molecule has 1 saturated heterocycles. The summed E-state index contributed by atoms with van der Waals surface area (Å²) in [4.78, 5) is 32.8. The molecule has 2 aromatic heterocycles. The molecule has 0 radical (unpaired) electrons. The molecule has 1 amide bonds. The maximum absolute atomic E-state index is 13.3. The lowest BCUT2D eigenvalue weighted by Crippen LogP contribution is -2.42. The van der Waals surface area contributed by atoms with Gasteiger partial charge in [-0.05, 0) is 49.6 Å². The Bertz CT molecular complexity index is 1300. The number of carbonyl (C=O) groups excluding carboxylic acids is 1. The molecule has 162 valence electrons. The Balaban J connectivity index is 1.37. The lowest BCUT2D eigenvalue weighted by molar-refractivity contribution is 0.0696. The van der Waals surface area contributed by atoms with Crippen molar-refractivity contribution >= 4 is 17.0 Å². The van der Waals surface area contributed by atoms with Gasteiger partial charge < -0.3 is 13.9 Å². The smallest absolute Gasteiger partial charge is 0.263 e. The Morgan fingerprint density at radius 1 is 1.12 bits per heavy atom. The highest BCUT2D eigenvalue weighted by atomic mass is 16.3. The Kier molecular flexibility index (Phi) is 5.35. The summed E-state index contributed by atoms with van der Waals surface area (Å²) in [5.74, 6) is 0.460. The molecule has 1 aliphatic rings. The number of para-hydroxylation sites is 2. The molecule has 0 N–H and O–H groups in total. The second kappa shape index (κ2) is 8.46. The summed E-state index contributed by atoms with van der Waals surface area (Å²) in [6, 6.07) is 19.1. The van der Waals surface area contributed by atoms with E-state index in [1.807, 2.05) is 49.4 Å². The molecule has 5 rings (SSSR count). The summed E-state index contributed by atoms with van der Waals surface area (Å²) < 4.78 is 7.55. The minimum Gasteiger partial charge on any atom is -0.440 e. The lowest BCUT2D eigenvalue weighted by Gasteiger charge is -2.31. The van der Waals surface area contributed by atoms with Gasteiger partial charge in [0.05, 0.1) is 12.5 Å². The predicted octanol–water partition coefficient (Wildman–Crippen LogP) is 4.37. The van der Waals surface area contributed by atoms with Crippen molar-refractivity contribution in [2.24, 2.45) is 0 Å². The summed E-state index contributed by atoms with van der Waals surface area (Å²) >= 11 is 0. The number of amides is 1. The van der Waals surface area contributed by atoms with Crippen molar-refractivity contribution in [1.82, 2.24) is 14.5 Å². The largest absolute Gasteiger partial charge is 0.440 e. The van der Waals surface area contributed by atoms with Gasteiger partial charge in [-0.2, -0.15) is 0 Å². The number of benzene rings is 2. The van der Waals surface area contributed by atoms with Crippen molar-refractivity contribution in [3.63, 3.8) is 0 Å². The Morgan fingerprint density at radius 3 is 2.84 bits per heavy atom. The van der Waals surface area contributed by atoms with Crippen molar-refractivity contribution in [2.75, 3.05) is 13.1 Å². The van der Waals surface area contributed by atoms with E-state index in [4.69, 9.17) is 4.42 Å². The summed E-state index contributed by atoms with van der Waals surface area (Å²) in [5, 5.41) is 0. The van der Waals surface area contributed by atoms with Crippen LogP contribution >= 0.6 is 0 Å². The van der Waals surface area contributed by atoms with Crippen molar-refractivity contribution in [3.05, 3.63) is 99.8 Å². The number of hydrogen-bond donors (Lipinski definition) is 0. The molecule has 1 fully saturated rings. The van der Waals surface area contributed by atoms with E-state index in [1.54, 1.807) is 27.8 Å². The molecule has 4 aromatic rings. The van der Waals surface area contributed by atoms with Crippen LogP contribution in [0, 0.1) is 6.92 Å². The summed E-state index contributed by atoms with van der Waals surface area (Å²) in [5.41, 5.74) is 3.70. The monoisotopic (exact) mass is 427 g/mol. The van der Waals surface area contributed by atoms with Crippen LogP contribution in [-0.4, -0.2) is 33.4 Å². The third kappa shape index (κ3) is 3.96. The van der Waals surface area contributed by atoms with Crippen molar-refractivity contribution in [1.29, 1.82) is 0 Å². The maximum atomic E-state index is 13.3. The first-order valence-corrected chi connectivity index (χ1v) is 11.0. The zero-order valence-corrected chi connectivity index (χ0v) is 18.0. The minimum atomic E-state index is -0.261. The highest BCUT2D eigenvalue weighted by Crippen LogP contribution is 2.29. The van der Waals surface area contributed by atoms with E-state index in [1.165, 1.54) is 0 Å². The molecular weight excluding hydrogens is 402 g/mol. The maximum Gasteiger partial charge on any atom is 0.263 e. The van der Waals surface area contributed by atoms with Crippen LogP contribution in [0.4, 0.5) is 0 Å². The standard InChI is InChI=1S/C26H25N3O3/c1-18-7-4-8-19(15-18)16-28-14-6-10-21(25(28)30)26(31)29-13-5-9-20(17-29)24-27-22-11-2-3-12-23(22)32-24/h2-4,6-8,10-12,14-15,20H,5,9,13,16-17H2,1H3. The SMILES string of the molecule is Cc1cccc(Cn2cccc(C(=O)N3CCCC(c4nc5ccccc5o4)C3)c2=O)c1. The minimum absolute atomic E-state index is 0.0262. The van der Waals surface area contributed by atoms with E-state index in [0.717, 1.165) is 35.1 Å². The number of likely N-dealkylation sites (tertiary alicyclic amines) is 1. The number of aromatic nitrogens is 2. The molecule has 0 aliphatic carbocycles. The normalized spacial score (nSPS) is 16.4. The number of aryl methyl sites for hydroxylation is 1. The molecule has 3 heterocycles. The van der Waals surface area contributed by atoms with Gasteiger partial charge in [0.1, 0.15) is 11.1 Å². The number of oxazole rings is 1. The van der Waals surface area contributed by atoms with Crippen LogP contribution in [0.2, 0.25) is 0 Å². The molecule has 6 nitrogen and oxygen atoms in total. The molecule has 6 heteroatoms. The number of rotatable bonds is 4. The van der Waals surface area contributed by atoms with Crippen LogP contribution in [0.3, 0.4) is 0 Å². The Hall–Kier alpha value is -3.67. The van der Waals surface area contributed by atoms with E-state index in [0.29, 0.717) is 25.5 Å². The quantitative estimate of drug-likeness (QED) is 0.485. The zero-order chi connectivity index (χ0) is 22.1. The van der Waals surface area contributed by atoms with Gasteiger partial charge in [0, 0.05) is 19.3 Å². The second-order valence-corrected chi connectivity index (χ2v) is 8.45. The molecule has 0 bridgehead atoms. The zero-order valence-electron chi connectivity index (χ0n) is 18.0. The molecule has 0 saturated carbocycles. The molecule has 2 aromatic carbocycles. The number of fused-ring (bicyclic) bond motifs is 1. The van der Waals surface area contributed by atoms with Gasteiger partial charge in [0.2, 0.25) is 0 Å². The molecule has 32 heavy (non-hydrogen) atoms. The number of nitrogens with zero attached hydrogens (tertiary/aromatic N) is 3. The van der Waals surface area contributed by atoms with Gasteiger partial charge in [-0.15, -0.1) is 0 Å². The summed E-state index contributed by atoms with van der Waals surface area (Å²) in [6.07, 6.45) is 3.49. The van der Waals surface area contributed by atoms with Crippen LogP contribution < -0.4 is 5.56 Å². The first-order chi connectivity index (χ1) is 15.6. The average molecular weight is 428 g/mol. The predicted molar refractivity (Wildman–Crippen MR) is 123 cm³/mol. The van der Waals surface area contributed by atoms with Crippen molar-refractivity contribution < 1.29 is 9.21 Å². The second-order valence-electron chi connectivity index (χ2n) is 8.45. The highest BCUT2D eigenvalue weighted by Gasteiger charge is 2.29. The fraction of sp³-hybridized carbons (Fsp3) is 0.269. The van der Waals surface area contributed by atoms with E-state index >= 15 is 0 Å². The molecule has 1 aliphatic heterocycles. The fourth-order valence-corrected chi connectivity index (χ4v) is 4.43. The van der Waals surface area contributed by atoms with Gasteiger partial charge in [0.25, 0.3) is 11.5 Å². The van der Waals surface area contributed by atoms with E-state index < -0.39 is 0 Å². The topological polar surface area (TPSA) is 68.3 Å². The number of carbonyl (C=O) groups is 1. The van der Waals surface area contributed by atoms with E-state index in [-0.39, 0.29) is 22.9 Å². The van der Waals surface area contributed by atoms with E-state index in [9.17, 15) is 9.59 Å². The first kappa shape index (κ1) is 20.2. The first-order valence-electron chi connectivity index (χ1n) is 11.0. The molecule has 0 spiro atoms. The summed E-state index contributed by atoms with van der Waals surface area (Å²) in [6.45, 7) is 3.59. The van der Waals surface area contributed by atoms with Crippen LogP contribution in [0.5, 0.6) is 0 Å². The van der Waals surface area contributed by atoms with Gasteiger partial charge in [-0.1, -0.05) is 42.0 Å². The number of piperidine rings is 1. The van der Waals surface area contributed by atoms with Crippen molar-refractivity contribution in [3.8, 4) is 0 Å². The molecular formula is C26H25N3O3. The molecule has 1 unspecified atom stereocenters. The van der Waals surface area contributed by atoms with E-state index in [2.05, 4.69) is 11.1 Å². The third-order valence-electron chi connectivity index (χ3n) is 6.05. The Labute approximate surface area is 186 Å².